The highest BCUT2D eigenvalue weighted by atomic mass is 19.1. The third kappa shape index (κ3) is 2.83. The van der Waals surface area contributed by atoms with Gasteiger partial charge >= 0.3 is 0 Å². The molecule has 23 heavy (non-hydrogen) atoms. The Bertz CT molecular complexity index is 626. The molecule has 2 fully saturated rings. The number of ether oxygens (including phenoxy) is 1. The average Bonchev–Trinajstić information content (AvgIpc) is 2.77. The number of imide groups is 1. The molecule has 4 N–H and O–H groups in total. The quantitative estimate of drug-likeness (QED) is 0.647. The zero-order valence-electron chi connectivity index (χ0n) is 12.8. The topological polar surface area (TPSA) is 98.6 Å². The average molecular weight is 321 g/mol. The number of halogens is 1. The second kappa shape index (κ2) is 6.06. The molecule has 1 aromatic carbocycles. The molecule has 2 atom stereocenters. The van der Waals surface area contributed by atoms with Crippen molar-refractivity contribution in [2.75, 3.05) is 24.6 Å². The van der Waals surface area contributed by atoms with Crippen LogP contribution in [0.3, 0.4) is 0 Å². The summed E-state index contributed by atoms with van der Waals surface area (Å²) in [4.78, 5) is 25.9. The zero-order valence-corrected chi connectivity index (χ0v) is 12.8. The van der Waals surface area contributed by atoms with Crippen molar-refractivity contribution in [1.29, 1.82) is 0 Å². The van der Waals surface area contributed by atoms with Gasteiger partial charge in [0.15, 0.2) is 0 Å². The first-order valence-corrected chi connectivity index (χ1v) is 7.81. The molecule has 3 rings (SSSR count). The number of benzene rings is 1. The van der Waals surface area contributed by atoms with Crippen molar-refractivity contribution < 1.29 is 18.7 Å². The number of anilines is 2. The Labute approximate surface area is 133 Å². The number of carbonyl (C=O) groups is 2. The molecule has 0 aromatic heterocycles. The van der Waals surface area contributed by atoms with E-state index in [4.69, 9.17) is 16.2 Å². The van der Waals surface area contributed by atoms with E-state index in [9.17, 15) is 14.0 Å². The van der Waals surface area contributed by atoms with Crippen molar-refractivity contribution in [2.45, 2.75) is 25.7 Å². The van der Waals surface area contributed by atoms with E-state index in [1.165, 1.54) is 4.90 Å². The van der Waals surface area contributed by atoms with Crippen LogP contribution in [-0.4, -0.2) is 29.9 Å². The van der Waals surface area contributed by atoms with Crippen LogP contribution in [0.4, 0.5) is 15.8 Å². The molecule has 1 heterocycles. The largest absolute Gasteiger partial charge is 0.489 e. The van der Waals surface area contributed by atoms with Gasteiger partial charge in [0.25, 0.3) is 0 Å². The van der Waals surface area contributed by atoms with Crippen molar-refractivity contribution in [1.82, 2.24) is 4.90 Å². The molecule has 6 nitrogen and oxygen atoms in total. The molecule has 0 bridgehead atoms. The highest BCUT2D eigenvalue weighted by Gasteiger charge is 2.47. The van der Waals surface area contributed by atoms with Gasteiger partial charge in [-0.05, 0) is 18.9 Å². The van der Waals surface area contributed by atoms with E-state index in [0.29, 0.717) is 0 Å². The predicted octanol–water partition coefficient (Wildman–Crippen LogP) is 1.54. The maximum Gasteiger partial charge on any atom is 0.233 e. The van der Waals surface area contributed by atoms with E-state index >= 15 is 0 Å². The van der Waals surface area contributed by atoms with Crippen molar-refractivity contribution in [3.8, 4) is 5.75 Å². The highest BCUT2D eigenvalue weighted by molar-refractivity contribution is 6.05. The molecule has 1 aromatic rings. The minimum absolute atomic E-state index is 0.0595. The molecular formula is C16H20FN3O3. The lowest BCUT2D eigenvalue weighted by Gasteiger charge is -2.19. The first-order valence-electron chi connectivity index (χ1n) is 7.81. The van der Waals surface area contributed by atoms with Crippen LogP contribution in [0.5, 0.6) is 5.75 Å². The Morgan fingerprint density at radius 2 is 1.74 bits per heavy atom. The van der Waals surface area contributed by atoms with Crippen LogP contribution in [0.25, 0.3) is 0 Å². The summed E-state index contributed by atoms with van der Waals surface area (Å²) in [6, 6.07) is 2.25. The van der Waals surface area contributed by atoms with Gasteiger partial charge in [-0.3, -0.25) is 14.5 Å². The molecule has 1 saturated heterocycles. The van der Waals surface area contributed by atoms with Crippen LogP contribution in [0.1, 0.15) is 25.7 Å². The fourth-order valence-corrected chi connectivity index (χ4v) is 3.43. The number of fused-ring (bicyclic) bond motifs is 1. The minimum atomic E-state index is -0.550. The van der Waals surface area contributed by atoms with Crippen LogP contribution in [0.15, 0.2) is 12.1 Å². The lowest BCUT2D eigenvalue weighted by Crippen LogP contribution is -2.34. The number of hydrogen-bond donors (Lipinski definition) is 2. The summed E-state index contributed by atoms with van der Waals surface area (Å²) < 4.78 is 18.7. The Morgan fingerprint density at radius 1 is 1.13 bits per heavy atom. The Kier molecular flexibility index (Phi) is 4.11. The van der Waals surface area contributed by atoms with Gasteiger partial charge in [-0.25, -0.2) is 4.39 Å². The number of nitrogens with two attached hydrogens (primary N) is 2. The molecule has 124 valence electrons. The molecule has 1 aliphatic heterocycles. The van der Waals surface area contributed by atoms with E-state index in [1.807, 2.05) is 0 Å². The maximum atomic E-state index is 13.3. The summed E-state index contributed by atoms with van der Waals surface area (Å²) in [6.07, 6.45) is 3.53. The number of likely N-dealkylation sites (tertiary alicyclic amines) is 1. The lowest BCUT2D eigenvalue weighted by atomic mass is 9.81. The minimum Gasteiger partial charge on any atom is -0.489 e. The van der Waals surface area contributed by atoms with Crippen molar-refractivity contribution in [3.63, 3.8) is 0 Å². The van der Waals surface area contributed by atoms with Gasteiger partial charge in [-0.1, -0.05) is 12.8 Å². The zero-order chi connectivity index (χ0) is 16.6. The molecule has 7 heteroatoms. The molecule has 2 aliphatic rings. The molecule has 0 spiro atoms. The second-order valence-electron chi connectivity index (χ2n) is 6.08. The van der Waals surface area contributed by atoms with Crippen LogP contribution in [0, 0.1) is 17.7 Å². The van der Waals surface area contributed by atoms with Gasteiger partial charge in [-0.2, -0.15) is 0 Å². The third-order valence-corrected chi connectivity index (χ3v) is 4.64. The number of nitrogens with zero attached hydrogens (tertiary/aromatic N) is 1. The Hall–Kier alpha value is -2.31. The molecule has 2 unspecified atom stereocenters. The Balaban J connectivity index is 1.63. The van der Waals surface area contributed by atoms with Crippen molar-refractivity contribution in [2.24, 2.45) is 11.8 Å². The van der Waals surface area contributed by atoms with Crippen LogP contribution < -0.4 is 16.2 Å². The normalized spacial score (nSPS) is 24.0. The van der Waals surface area contributed by atoms with E-state index in [-0.39, 0.29) is 53.9 Å². The standard InChI is InChI=1S/C16H20FN3O3/c17-9-7-12(18)14(19)13(8-9)23-6-5-20-15(21)10-3-1-2-4-11(10)16(20)22/h7-8,10-11H,1-6,18-19H2. The van der Waals surface area contributed by atoms with E-state index in [2.05, 4.69) is 0 Å². The van der Waals surface area contributed by atoms with Crippen LogP contribution in [0.2, 0.25) is 0 Å². The first-order chi connectivity index (χ1) is 11.0. The lowest BCUT2D eigenvalue weighted by molar-refractivity contribution is -0.140. The smallest absolute Gasteiger partial charge is 0.233 e. The number of nitrogen functional groups attached to an aromatic ring is 2. The van der Waals surface area contributed by atoms with Gasteiger partial charge in [0.05, 0.1) is 29.8 Å². The molecule has 0 radical (unpaired) electrons. The fourth-order valence-electron chi connectivity index (χ4n) is 3.43. The van der Waals surface area contributed by atoms with E-state index in [0.717, 1.165) is 37.8 Å². The monoisotopic (exact) mass is 321 g/mol. The first kappa shape index (κ1) is 15.6. The summed E-state index contributed by atoms with van der Waals surface area (Å²) in [6.45, 7) is 0.199. The highest BCUT2D eigenvalue weighted by Crippen LogP contribution is 2.38. The van der Waals surface area contributed by atoms with Gasteiger partial charge in [0, 0.05) is 6.07 Å². The number of rotatable bonds is 4. The van der Waals surface area contributed by atoms with E-state index in [1.54, 1.807) is 0 Å². The van der Waals surface area contributed by atoms with Crippen LogP contribution >= 0.6 is 0 Å². The summed E-state index contributed by atoms with van der Waals surface area (Å²) in [5.41, 5.74) is 11.6. The molecule has 1 saturated carbocycles. The SMILES string of the molecule is Nc1cc(F)cc(OCCN2C(=O)C3CCCCC3C2=O)c1N. The van der Waals surface area contributed by atoms with E-state index < -0.39 is 5.82 Å². The summed E-state index contributed by atoms with van der Waals surface area (Å²) >= 11 is 0. The summed E-state index contributed by atoms with van der Waals surface area (Å²) in [5, 5.41) is 0. The molecular weight excluding hydrogens is 301 g/mol. The number of amides is 2. The van der Waals surface area contributed by atoms with Crippen LogP contribution in [-0.2, 0) is 9.59 Å². The molecule has 2 amide bonds. The van der Waals surface area contributed by atoms with Crippen molar-refractivity contribution in [3.05, 3.63) is 17.9 Å². The molecule has 1 aliphatic carbocycles. The maximum absolute atomic E-state index is 13.3. The van der Waals surface area contributed by atoms with Gasteiger partial charge in [0.1, 0.15) is 18.2 Å². The number of hydrogen-bond acceptors (Lipinski definition) is 5. The Morgan fingerprint density at radius 3 is 2.35 bits per heavy atom. The van der Waals surface area contributed by atoms with Crippen molar-refractivity contribution >= 4 is 23.2 Å². The van der Waals surface area contributed by atoms with Gasteiger partial charge in [0.2, 0.25) is 11.8 Å². The summed E-state index contributed by atoms with van der Waals surface area (Å²) in [7, 11) is 0. The fraction of sp³-hybridized carbons (Fsp3) is 0.500. The van der Waals surface area contributed by atoms with Gasteiger partial charge < -0.3 is 16.2 Å². The predicted molar refractivity (Wildman–Crippen MR) is 82.9 cm³/mol. The summed E-state index contributed by atoms with van der Waals surface area (Å²) in [5.74, 6) is -1.01. The third-order valence-electron chi connectivity index (χ3n) is 4.64. The van der Waals surface area contributed by atoms with Gasteiger partial charge in [-0.15, -0.1) is 0 Å². The number of carbonyl (C=O) groups excluding carboxylic acids is 2. The second-order valence-corrected chi connectivity index (χ2v) is 6.08.